The summed E-state index contributed by atoms with van der Waals surface area (Å²) in [4.78, 5) is 14.6. The third-order valence-electron chi connectivity index (χ3n) is 5.08. The van der Waals surface area contributed by atoms with Gasteiger partial charge in [0.15, 0.2) is 11.5 Å². The summed E-state index contributed by atoms with van der Waals surface area (Å²) in [6, 6.07) is 4.32. The Morgan fingerprint density at radius 2 is 1.90 bits per heavy atom. The second-order valence-electron chi connectivity index (χ2n) is 6.28. The smallest absolute Gasteiger partial charge is 0.226 e. The summed E-state index contributed by atoms with van der Waals surface area (Å²) in [6.07, 6.45) is 4.24. The van der Waals surface area contributed by atoms with Crippen LogP contribution in [0.15, 0.2) is 12.1 Å². The van der Waals surface area contributed by atoms with Crippen molar-refractivity contribution in [1.29, 1.82) is 0 Å². The highest BCUT2D eigenvalue weighted by Gasteiger charge is 2.35. The molecule has 0 aromatic heterocycles. The van der Waals surface area contributed by atoms with Gasteiger partial charge in [-0.25, -0.2) is 0 Å². The molecule has 1 atom stereocenters. The monoisotopic (exact) mass is 287 g/mol. The van der Waals surface area contributed by atoms with Crippen molar-refractivity contribution in [2.24, 2.45) is 5.92 Å². The zero-order valence-corrected chi connectivity index (χ0v) is 12.4. The van der Waals surface area contributed by atoms with Crippen LogP contribution in [0.2, 0.25) is 0 Å². The normalized spacial score (nSPS) is 24.2. The van der Waals surface area contributed by atoms with Gasteiger partial charge in [0.1, 0.15) is 13.2 Å². The van der Waals surface area contributed by atoms with Crippen LogP contribution in [0.5, 0.6) is 11.5 Å². The van der Waals surface area contributed by atoms with Crippen LogP contribution in [0.3, 0.4) is 0 Å². The molecule has 1 saturated carbocycles. The van der Waals surface area contributed by atoms with Crippen molar-refractivity contribution < 1.29 is 14.3 Å². The van der Waals surface area contributed by atoms with Crippen molar-refractivity contribution in [2.75, 3.05) is 19.8 Å². The van der Waals surface area contributed by atoms with Crippen LogP contribution < -0.4 is 9.47 Å². The number of amides is 1. The number of nitrogens with zero attached hydrogens (tertiary/aromatic N) is 1. The predicted molar refractivity (Wildman–Crippen MR) is 78.6 cm³/mol. The van der Waals surface area contributed by atoms with E-state index in [1.165, 1.54) is 17.5 Å². The van der Waals surface area contributed by atoms with Gasteiger partial charge >= 0.3 is 0 Å². The number of carbonyl (C=O) groups is 1. The molecule has 0 N–H and O–H groups in total. The molecule has 2 heterocycles. The third kappa shape index (κ3) is 2.08. The lowest BCUT2D eigenvalue weighted by atomic mass is 9.83. The van der Waals surface area contributed by atoms with Gasteiger partial charge in [-0.1, -0.05) is 6.42 Å². The standard InChI is InChI=1S/C17H21NO3/c1-11-14-10-16-15(20-7-8-21-16)9-13(14)5-6-18(11)17(19)12-3-2-4-12/h9-12H,2-8H2,1H3. The maximum atomic E-state index is 12.6. The number of rotatable bonds is 1. The topological polar surface area (TPSA) is 38.8 Å². The minimum atomic E-state index is 0.137. The van der Waals surface area contributed by atoms with Crippen LogP contribution in [0.4, 0.5) is 0 Å². The molecule has 1 aromatic rings. The molecule has 1 unspecified atom stereocenters. The van der Waals surface area contributed by atoms with Crippen LogP contribution in [0.25, 0.3) is 0 Å². The molecule has 21 heavy (non-hydrogen) atoms. The van der Waals surface area contributed by atoms with Crippen LogP contribution >= 0.6 is 0 Å². The molecule has 4 rings (SSSR count). The summed E-state index contributed by atoms with van der Waals surface area (Å²) in [6.45, 7) is 4.17. The molecule has 1 amide bonds. The first kappa shape index (κ1) is 13.0. The van der Waals surface area contributed by atoms with Gasteiger partial charge in [-0.3, -0.25) is 4.79 Å². The molecule has 0 radical (unpaired) electrons. The molecule has 4 nitrogen and oxygen atoms in total. The fourth-order valence-corrected chi connectivity index (χ4v) is 3.55. The van der Waals surface area contributed by atoms with Gasteiger partial charge in [0.2, 0.25) is 5.91 Å². The maximum absolute atomic E-state index is 12.6. The summed E-state index contributed by atoms with van der Waals surface area (Å²) < 4.78 is 11.3. The van der Waals surface area contributed by atoms with E-state index in [1.54, 1.807) is 0 Å². The van der Waals surface area contributed by atoms with Gasteiger partial charge in [0, 0.05) is 12.5 Å². The zero-order chi connectivity index (χ0) is 14.4. The molecular weight excluding hydrogens is 266 g/mol. The molecule has 3 aliphatic rings. The second-order valence-corrected chi connectivity index (χ2v) is 6.28. The van der Waals surface area contributed by atoms with Crippen molar-refractivity contribution in [1.82, 2.24) is 4.90 Å². The van der Waals surface area contributed by atoms with Gasteiger partial charge in [0.05, 0.1) is 6.04 Å². The largest absolute Gasteiger partial charge is 0.486 e. The van der Waals surface area contributed by atoms with E-state index < -0.39 is 0 Å². The van der Waals surface area contributed by atoms with Gasteiger partial charge in [-0.05, 0) is 49.4 Å². The molecule has 0 spiro atoms. The maximum Gasteiger partial charge on any atom is 0.226 e. The van der Waals surface area contributed by atoms with Crippen molar-refractivity contribution in [3.8, 4) is 11.5 Å². The van der Waals surface area contributed by atoms with E-state index in [-0.39, 0.29) is 12.0 Å². The van der Waals surface area contributed by atoms with Crippen molar-refractivity contribution in [2.45, 2.75) is 38.6 Å². The second kappa shape index (κ2) is 4.93. The Morgan fingerprint density at radius 3 is 2.57 bits per heavy atom. The van der Waals surface area contributed by atoms with E-state index in [9.17, 15) is 4.79 Å². The summed E-state index contributed by atoms with van der Waals surface area (Å²) in [5, 5.41) is 0. The summed E-state index contributed by atoms with van der Waals surface area (Å²) in [5.74, 6) is 2.29. The van der Waals surface area contributed by atoms with Gasteiger partial charge in [-0.2, -0.15) is 0 Å². The third-order valence-corrected chi connectivity index (χ3v) is 5.08. The van der Waals surface area contributed by atoms with Crippen molar-refractivity contribution in [3.63, 3.8) is 0 Å². The predicted octanol–water partition coefficient (Wildman–Crippen LogP) is 2.70. The highest BCUT2D eigenvalue weighted by molar-refractivity contribution is 5.80. The molecule has 1 aromatic carbocycles. The number of hydrogen-bond donors (Lipinski definition) is 0. The molecule has 4 heteroatoms. The molecular formula is C17H21NO3. The average Bonchev–Trinajstić information content (AvgIpc) is 2.44. The first-order valence-corrected chi connectivity index (χ1v) is 7.97. The zero-order valence-electron chi connectivity index (χ0n) is 12.4. The minimum absolute atomic E-state index is 0.137. The highest BCUT2D eigenvalue weighted by atomic mass is 16.6. The highest BCUT2D eigenvalue weighted by Crippen LogP contribution is 2.40. The van der Waals surface area contributed by atoms with Gasteiger partial charge in [0.25, 0.3) is 0 Å². The van der Waals surface area contributed by atoms with Crippen molar-refractivity contribution in [3.05, 3.63) is 23.3 Å². The van der Waals surface area contributed by atoms with E-state index in [4.69, 9.17) is 9.47 Å². The van der Waals surface area contributed by atoms with E-state index in [0.29, 0.717) is 19.1 Å². The van der Waals surface area contributed by atoms with E-state index in [0.717, 1.165) is 37.3 Å². The number of hydrogen-bond acceptors (Lipinski definition) is 3. The molecule has 112 valence electrons. The first-order chi connectivity index (χ1) is 10.2. The van der Waals surface area contributed by atoms with Crippen LogP contribution in [0.1, 0.15) is 43.4 Å². The number of benzene rings is 1. The quantitative estimate of drug-likeness (QED) is 0.797. The lowest BCUT2D eigenvalue weighted by molar-refractivity contribution is -0.140. The minimum Gasteiger partial charge on any atom is -0.486 e. The number of carbonyl (C=O) groups excluding carboxylic acids is 1. The lowest BCUT2D eigenvalue weighted by Crippen LogP contribution is -2.43. The van der Waals surface area contributed by atoms with Crippen LogP contribution in [0, 0.1) is 5.92 Å². The average molecular weight is 287 g/mol. The Hall–Kier alpha value is -1.71. The Morgan fingerprint density at radius 1 is 1.19 bits per heavy atom. The Bertz CT molecular complexity index is 580. The molecule has 0 saturated heterocycles. The summed E-state index contributed by atoms with van der Waals surface area (Å²) in [5.41, 5.74) is 2.52. The Kier molecular flexibility index (Phi) is 3.05. The Labute approximate surface area is 125 Å². The van der Waals surface area contributed by atoms with E-state index in [1.807, 2.05) is 0 Å². The first-order valence-electron chi connectivity index (χ1n) is 7.97. The summed E-state index contributed by atoms with van der Waals surface area (Å²) in [7, 11) is 0. The molecule has 2 aliphatic heterocycles. The molecule has 1 fully saturated rings. The molecule has 1 aliphatic carbocycles. The summed E-state index contributed by atoms with van der Waals surface area (Å²) >= 11 is 0. The number of fused-ring (bicyclic) bond motifs is 2. The van der Waals surface area contributed by atoms with E-state index >= 15 is 0 Å². The molecule has 0 bridgehead atoms. The van der Waals surface area contributed by atoms with Crippen LogP contribution in [-0.4, -0.2) is 30.6 Å². The fraction of sp³-hybridized carbons (Fsp3) is 0.588. The van der Waals surface area contributed by atoms with Gasteiger partial charge < -0.3 is 14.4 Å². The Balaban J connectivity index is 1.64. The van der Waals surface area contributed by atoms with Crippen molar-refractivity contribution >= 4 is 5.91 Å². The van der Waals surface area contributed by atoms with Crippen LogP contribution in [-0.2, 0) is 11.2 Å². The number of ether oxygens (including phenoxy) is 2. The lowest BCUT2D eigenvalue weighted by Gasteiger charge is -2.39. The van der Waals surface area contributed by atoms with E-state index in [2.05, 4.69) is 24.0 Å². The fourth-order valence-electron chi connectivity index (χ4n) is 3.55. The van der Waals surface area contributed by atoms with Gasteiger partial charge in [-0.15, -0.1) is 0 Å². The SMILES string of the molecule is CC1c2cc3c(cc2CCN1C(=O)C1CCC1)OCCO3.